The standard InChI is InChI=1S/C13H18O4S/c1-16-10-7-9(5-4-6-12(14)15)8-11(18-3)13(10)17-2/h7-8H,4-6H2,1-3H3,(H,14,15). The summed E-state index contributed by atoms with van der Waals surface area (Å²) in [6.07, 6.45) is 3.50. The fourth-order valence-corrected chi connectivity index (χ4v) is 2.36. The van der Waals surface area contributed by atoms with Gasteiger partial charge in [0, 0.05) is 6.42 Å². The second-order valence-electron chi connectivity index (χ2n) is 3.78. The topological polar surface area (TPSA) is 55.8 Å². The minimum Gasteiger partial charge on any atom is -0.493 e. The van der Waals surface area contributed by atoms with E-state index in [1.54, 1.807) is 26.0 Å². The van der Waals surface area contributed by atoms with Gasteiger partial charge in [-0.05, 0) is 36.8 Å². The molecule has 18 heavy (non-hydrogen) atoms. The third-order valence-corrected chi connectivity index (χ3v) is 3.32. The number of hydrogen-bond donors (Lipinski definition) is 1. The van der Waals surface area contributed by atoms with Gasteiger partial charge >= 0.3 is 5.97 Å². The highest BCUT2D eigenvalue weighted by Gasteiger charge is 2.11. The molecular formula is C13H18O4S. The molecule has 100 valence electrons. The van der Waals surface area contributed by atoms with Crippen molar-refractivity contribution in [2.45, 2.75) is 24.2 Å². The van der Waals surface area contributed by atoms with Gasteiger partial charge in [-0.3, -0.25) is 4.79 Å². The maximum atomic E-state index is 10.5. The number of carbonyl (C=O) groups is 1. The molecule has 1 aromatic rings. The van der Waals surface area contributed by atoms with Crippen molar-refractivity contribution in [1.29, 1.82) is 0 Å². The zero-order valence-electron chi connectivity index (χ0n) is 10.9. The summed E-state index contributed by atoms with van der Waals surface area (Å²) in [5, 5.41) is 8.63. The van der Waals surface area contributed by atoms with Crippen molar-refractivity contribution >= 4 is 17.7 Å². The summed E-state index contributed by atoms with van der Waals surface area (Å²) >= 11 is 1.58. The number of thioether (sulfide) groups is 1. The lowest BCUT2D eigenvalue weighted by atomic mass is 10.1. The Kier molecular flexibility index (Phi) is 5.85. The molecule has 0 saturated carbocycles. The predicted octanol–water partition coefficient (Wildman–Crippen LogP) is 2.83. The number of aryl methyl sites for hydroxylation is 1. The van der Waals surface area contributed by atoms with Crippen LogP contribution in [0, 0.1) is 0 Å². The van der Waals surface area contributed by atoms with Crippen LogP contribution < -0.4 is 9.47 Å². The van der Waals surface area contributed by atoms with Gasteiger partial charge in [-0.2, -0.15) is 0 Å². The Morgan fingerprint density at radius 2 is 2.06 bits per heavy atom. The van der Waals surface area contributed by atoms with Gasteiger partial charge < -0.3 is 14.6 Å². The molecular weight excluding hydrogens is 252 g/mol. The first-order chi connectivity index (χ1) is 8.62. The molecule has 0 aliphatic rings. The smallest absolute Gasteiger partial charge is 0.303 e. The van der Waals surface area contributed by atoms with Crippen LogP contribution in [0.5, 0.6) is 11.5 Å². The first-order valence-corrected chi connectivity index (χ1v) is 6.85. The predicted molar refractivity (Wildman–Crippen MR) is 71.9 cm³/mol. The monoisotopic (exact) mass is 270 g/mol. The highest BCUT2D eigenvalue weighted by atomic mass is 32.2. The molecule has 0 saturated heterocycles. The Hall–Kier alpha value is -1.36. The van der Waals surface area contributed by atoms with Crippen molar-refractivity contribution in [1.82, 2.24) is 0 Å². The SMILES string of the molecule is COc1cc(CCCC(=O)O)cc(SC)c1OC. The summed E-state index contributed by atoms with van der Waals surface area (Å²) in [6, 6.07) is 3.92. The number of aliphatic carboxylic acids is 1. The lowest BCUT2D eigenvalue weighted by Crippen LogP contribution is -1.98. The first kappa shape index (κ1) is 14.7. The van der Waals surface area contributed by atoms with E-state index in [0.29, 0.717) is 12.2 Å². The molecule has 1 rings (SSSR count). The van der Waals surface area contributed by atoms with Crippen LogP contribution in [0.2, 0.25) is 0 Å². The molecule has 0 radical (unpaired) electrons. The number of ether oxygens (including phenoxy) is 2. The van der Waals surface area contributed by atoms with Crippen molar-refractivity contribution in [2.75, 3.05) is 20.5 Å². The van der Waals surface area contributed by atoms with Gasteiger partial charge in [0.05, 0.1) is 19.1 Å². The molecule has 0 aliphatic heterocycles. The lowest BCUT2D eigenvalue weighted by molar-refractivity contribution is -0.137. The molecule has 0 spiro atoms. The molecule has 0 bridgehead atoms. The second kappa shape index (κ2) is 7.16. The number of hydrogen-bond acceptors (Lipinski definition) is 4. The van der Waals surface area contributed by atoms with E-state index in [4.69, 9.17) is 14.6 Å². The molecule has 0 unspecified atom stereocenters. The van der Waals surface area contributed by atoms with Crippen LogP contribution in [0.3, 0.4) is 0 Å². The number of carboxylic acid groups (broad SMARTS) is 1. The number of benzene rings is 1. The Morgan fingerprint density at radius 3 is 2.56 bits per heavy atom. The van der Waals surface area contributed by atoms with Crippen LogP contribution in [-0.4, -0.2) is 31.6 Å². The van der Waals surface area contributed by atoms with Gasteiger partial charge in [-0.15, -0.1) is 11.8 Å². The van der Waals surface area contributed by atoms with E-state index in [1.807, 2.05) is 18.4 Å². The highest BCUT2D eigenvalue weighted by molar-refractivity contribution is 7.98. The number of rotatable bonds is 7. The summed E-state index contributed by atoms with van der Waals surface area (Å²) < 4.78 is 10.6. The molecule has 0 heterocycles. The second-order valence-corrected chi connectivity index (χ2v) is 4.63. The van der Waals surface area contributed by atoms with E-state index < -0.39 is 5.97 Å². The molecule has 5 heteroatoms. The van der Waals surface area contributed by atoms with Crippen molar-refractivity contribution in [3.63, 3.8) is 0 Å². The molecule has 0 atom stereocenters. The van der Waals surface area contributed by atoms with E-state index in [9.17, 15) is 4.79 Å². The van der Waals surface area contributed by atoms with Gasteiger partial charge in [-0.1, -0.05) is 0 Å². The van der Waals surface area contributed by atoms with E-state index in [-0.39, 0.29) is 6.42 Å². The summed E-state index contributed by atoms with van der Waals surface area (Å²) in [6.45, 7) is 0. The van der Waals surface area contributed by atoms with Crippen LogP contribution in [-0.2, 0) is 11.2 Å². The highest BCUT2D eigenvalue weighted by Crippen LogP contribution is 2.38. The third kappa shape index (κ3) is 3.84. The number of methoxy groups -OCH3 is 2. The Labute approximate surface area is 111 Å². The van der Waals surface area contributed by atoms with Crippen molar-refractivity contribution < 1.29 is 19.4 Å². The molecule has 0 aliphatic carbocycles. The zero-order valence-corrected chi connectivity index (χ0v) is 11.7. The fourth-order valence-electron chi connectivity index (χ4n) is 1.72. The molecule has 0 amide bonds. The Balaban J connectivity index is 2.89. The Bertz CT molecular complexity index is 392. The normalized spacial score (nSPS) is 10.2. The summed E-state index contributed by atoms with van der Waals surface area (Å²) in [4.78, 5) is 11.5. The molecule has 0 fully saturated rings. The maximum Gasteiger partial charge on any atom is 0.303 e. The average Bonchev–Trinajstić information content (AvgIpc) is 2.36. The summed E-state index contributed by atoms with van der Waals surface area (Å²) in [5.74, 6) is 0.655. The summed E-state index contributed by atoms with van der Waals surface area (Å²) in [7, 11) is 3.21. The first-order valence-electron chi connectivity index (χ1n) is 5.63. The van der Waals surface area contributed by atoms with E-state index in [1.165, 1.54) is 0 Å². The van der Waals surface area contributed by atoms with Crippen LogP contribution in [0.4, 0.5) is 0 Å². The van der Waals surface area contributed by atoms with Gasteiger partial charge in [0.2, 0.25) is 0 Å². The number of carboxylic acids is 1. The lowest BCUT2D eigenvalue weighted by Gasteiger charge is -2.13. The average molecular weight is 270 g/mol. The summed E-state index contributed by atoms with van der Waals surface area (Å²) in [5.41, 5.74) is 1.07. The maximum absolute atomic E-state index is 10.5. The molecule has 0 aromatic heterocycles. The van der Waals surface area contributed by atoms with Crippen LogP contribution in [0.25, 0.3) is 0 Å². The van der Waals surface area contributed by atoms with E-state index in [2.05, 4.69) is 0 Å². The van der Waals surface area contributed by atoms with E-state index >= 15 is 0 Å². The molecule has 4 nitrogen and oxygen atoms in total. The minimum atomic E-state index is -0.763. The largest absolute Gasteiger partial charge is 0.493 e. The van der Waals surface area contributed by atoms with Crippen LogP contribution in [0.1, 0.15) is 18.4 Å². The van der Waals surface area contributed by atoms with Gasteiger partial charge in [0.1, 0.15) is 0 Å². The van der Waals surface area contributed by atoms with Gasteiger partial charge in [0.25, 0.3) is 0 Å². The fraction of sp³-hybridized carbons (Fsp3) is 0.462. The third-order valence-electron chi connectivity index (χ3n) is 2.58. The van der Waals surface area contributed by atoms with Crippen LogP contribution in [0.15, 0.2) is 17.0 Å². The van der Waals surface area contributed by atoms with Crippen LogP contribution >= 0.6 is 11.8 Å². The minimum absolute atomic E-state index is 0.183. The quantitative estimate of drug-likeness (QED) is 0.772. The van der Waals surface area contributed by atoms with Crippen molar-refractivity contribution in [3.8, 4) is 11.5 Å². The Morgan fingerprint density at radius 1 is 1.33 bits per heavy atom. The molecule has 1 N–H and O–H groups in total. The van der Waals surface area contributed by atoms with Gasteiger partial charge in [0.15, 0.2) is 11.5 Å². The molecule has 1 aromatic carbocycles. The van der Waals surface area contributed by atoms with Crippen molar-refractivity contribution in [2.24, 2.45) is 0 Å². The van der Waals surface area contributed by atoms with Gasteiger partial charge in [-0.25, -0.2) is 0 Å². The zero-order chi connectivity index (χ0) is 13.5. The van der Waals surface area contributed by atoms with Crippen molar-refractivity contribution in [3.05, 3.63) is 17.7 Å². The van der Waals surface area contributed by atoms with E-state index in [0.717, 1.165) is 22.6 Å².